The Labute approximate surface area is 122 Å². The van der Waals surface area contributed by atoms with Crippen molar-refractivity contribution in [1.82, 2.24) is 5.32 Å². The van der Waals surface area contributed by atoms with Gasteiger partial charge in [-0.3, -0.25) is 10.1 Å². The summed E-state index contributed by atoms with van der Waals surface area (Å²) in [7, 11) is 0. The number of nitrogen functional groups attached to an aromatic ring is 1. The molecule has 21 heavy (non-hydrogen) atoms. The Morgan fingerprint density at radius 2 is 2.38 bits per heavy atom. The molecule has 1 aromatic rings. The molecule has 1 unspecified atom stereocenters. The van der Waals surface area contributed by atoms with Gasteiger partial charge >= 0.3 is 5.97 Å². The highest BCUT2D eigenvalue weighted by Gasteiger charge is 2.30. The number of nitrogens with zero attached hydrogens (tertiary/aromatic N) is 2. The minimum Gasteiger partial charge on any atom is -0.464 e. The van der Waals surface area contributed by atoms with Crippen molar-refractivity contribution in [3.8, 4) is 0 Å². The van der Waals surface area contributed by atoms with E-state index in [0.29, 0.717) is 31.9 Å². The minimum absolute atomic E-state index is 0.0821. The molecule has 1 heterocycles. The normalized spacial score (nSPS) is 18.3. The number of esters is 1. The summed E-state index contributed by atoms with van der Waals surface area (Å²) in [6.45, 7) is 3.84. The molecule has 0 saturated carbocycles. The predicted molar refractivity (Wildman–Crippen MR) is 78.1 cm³/mol. The first-order valence-corrected chi connectivity index (χ1v) is 6.72. The van der Waals surface area contributed by atoms with Gasteiger partial charge in [0.05, 0.1) is 11.5 Å². The summed E-state index contributed by atoms with van der Waals surface area (Å²) in [4.78, 5) is 24.1. The van der Waals surface area contributed by atoms with E-state index in [-0.39, 0.29) is 17.3 Å². The smallest absolute Gasteiger partial charge is 0.330 e. The molecule has 1 atom stereocenters. The Morgan fingerprint density at radius 1 is 1.62 bits per heavy atom. The summed E-state index contributed by atoms with van der Waals surface area (Å²) in [6.07, 6.45) is 0. The average molecular weight is 294 g/mol. The second-order valence-corrected chi connectivity index (χ2v) is 4.67. The predicted octanol–water partition coefficient (Wildman–Crippen LogP) is 0.518. The van der Waals surface area contributed by atoms with E-state index in [9.17, 15) is 14.9 Å². The third kappa shape index (κ3) is 3.22. The van der Waals surface area contributed by atoms with Gasteiger partial charge in [-0.1, -0.05) is 0 Å². The third-order valence-corrected chi connectivity index (χ3v) is 3.34. The molecule has 0 amide bonds. The largest absolute Gasteiger partial charge is 0.464 e. The van der Waals surface area contributed by atoms with Crippen LogP contribution < -0.4 is 16.0 Å². The van der Waals surface area contributed by atoms with E-state index < -0.39 is 11.0 Å². The molecule has 3 N–H and O–H groups in total. The number of carbonyl (C=O) groups is 1. The van der Waals surface area contributed by atoms with Crippen molar-refractivity contribution in [2.45, 2.75) is 13.0 Å². The van der Waals surface area contributed by atoms with Gasteiger partial charge in [0.1, 0.15) is 11.7 Å². The van der Waals surface area contributed by atoms with Gasteiger partial charge in [-0.15, -0.1) is 0 Å². The first-order chi connectivity index (χ1) is 10.0. The van der Waals surface area contributed by atoms with Crippen LogP contribution in [0.2, 0.25) is 0 Å². The fourth-order valence-electron chi connectivity index (χ4n) is 2.35. The number of ether oxygens (including phenoxy) is 1. The van der Waals surface area contributed by atoms with Gasteiger partial charge in [-0.25, -0.2) is 4.79 Å². The number of rotatable bonds is 4. The quantitative estimate of drug-likeness (QED) is 0.360. The van der Waals surface area contributed by atoms with Crippen molar-refractivity contribution in [3.05, 3.63) is 28.3 Å². The number of carbonyl (C=O) groups excluding carboxylic acids is 1. The molecule has 1 aliphatic rings. The standard InChI is InChI=1S/C13H18N4O4/c1-2-21-13(18)12-8-15-5-6-16(12)9-3-4-11(17(19)20)10(14)7-9/h3-4,7,12,15H,2,5-6,8,14H2,1H3. The van der Waals surface area contributed by atoms with Crippen LogP contribution in [-0.2, 0) is 9.53 Å². The summed E-state index contributed by atoms with van der Waals surface area (Å²) in [6, 6.07) is 4.02. The average Bonchev–Trinajstić information content (AvgIpc) is 2.47. The van der Waals surface area contributed by atoms with Crippen molar-refractivity contribution >= 4 is 23.0 Å². The van der Waals surface area contributed by atoms with Crippen LogP contribution in [0.25, 0.3) is 0 Å². The number of nitro benzene ring substituents is 1. The summed E-state index contributed by atoms with van der Waals surface area (Å²) in [5, 5.41) is 13.9. The van der Waals surface area contributed by atoms with Crippen LogP contribution in [-0.4, -0.2) is 43.2 Å². The summed E-state index contributed by atoms with van der Waals surface area (Å²) >= 11 is 0. The van der Waals surface area contributed by atoms with Crippen LogP contribution >= 0.6 is 0 Å². The Morgan fingerprint density at radius 3 is 3.00 bits per heavy atom. The topological polar surface area (TPSA) is 111 Å². The molecule has 1 fully saturated rings. The van der Waals surface area contributed by atoms with Gasteiger partial charge in [-0.05, 0) is 19.1 Å². The second kappa shape index (κ2) is 6.40. The van der Waals surface area contributed by atoms with Crippen molar-refractivity contribution in [2.75, 3.05) is 36.9 Å². The maximum absolute atomic E-state index is 12.0. The lowest BCUT2D eigenvalue weighted by molar-refractivity contribution is -0.383. The highest BCUT2D eigenvalue weighted by Crippen LogP contribution is 2.28. The molecule has 114 valence electrons. The fourth-order valence-corrected chi connectivity index (χ4v) is 2.35. The van der Waals surface area contributed by atoms with Crippen LogP contribution in [0.5, 0.6) is 0 Å². The van der Waals surface area contributed by atoms with Gasteiger partial charge in [0.25, 0.3) is 5.69 Å². The van der Waals surface area contributed by atoms with Crippen LogP contribution in [0, 0.1) is 10.1 Å². The molecule has 0 aliphatic carbocycles. The Kier molecular flexibility index (Phi) is 4.59. The number of hydrogen-bond donors (Lipinski definition) is 2. The second-order valence-electron chi connectivity index (χ2n) is 4.67. The molecule has 0 aromatic heterocycles. The lowest BCUT2D eigenvalue weighted by Gasteiger charge is -2.36. The van der Waals surface area contributed by atoms with E-state index in [1.54, 1.807) is 13.0 Å². The lowest BCUT2D eigenvalue weighted by atomic mass is 10.1. The number of benzene rings is 1. The zero-order chi connectivity index (χ0) is 15.4. The molecule has 8 heteroatoms. The van der Waals surface area contributed by atoms with Crippen molar-refractivity contribution in [3.63, 3.8) is 0 Å². The molecule has 0 spiro atoms. The molecule has 1 aliphatic heterocycles. The Hall–Kier alpha value is -2.35. The summed E-state index contributed by atoms with van der Waals surface area (Å²) in [5.74, 6) is -0.318. The molecule has 2 rings (SSSR count). The number of anilines is 2. The monoisotopic (exact) mass is 294 g/mol. The van der Waals surface area contributed by atoms with Crippen LogP contribution in [0.1, 0.15) is 6.92 Å². The minimum atomic E-state index is -0.528. The highest BCUT2D eigenvalue weighted by atomic mass is 16.6. The van der Waals surface area contributed by atoms with Crippen LogP contribution in [0.15, 0.2) is 18.2 Å². The van der Waals surface area contributed by atoms with E-state index >= 15 is 0 Å². The Bertz CT molecular complexity index is 549. The molecular weight excluding hydrogens is 276 g/mol. The summed E-state index contributed by atoms with van der Waals surface area (Å²) < 4.78 is 5.07. The molecule has 1 aromatic carbocycles. The molecular formula is C13H18N4O4. The van der Waals surface area contributed by atoms with E-state index in [0.717, 1.165) is 0 Å². The number of hydrogen-bond acceptors (Lipinski definition) is 7. The van der Waals surface area contributed by atoms with Crippen molar-refractivity contribution in [1.29, 1.82) is 0 Å². The van der Waals surface area contributed by atoms with Crippen molar-refractivity contribution < 1.29 is 14.5 Å². The number of piperazine rings is 1. The zero-order valence-electron chi connectivity index (χ0n) is 11.7. The number of nitrogens with one attached hydrogen (secondary N) is 1. The first-order valence-electron chi connectivity index (χ1n) is 6.72. The molecule has 0 radical (unpaired) electrons. The fraction of sp³-hybridized carbons (Fsp3) is 0.462. The SMILES string of the molecule is CCOC(=O)C1CNCCN1c1ccc([N+](=O)[O-])c(N)c1. The van der Waals surface area contributed by atoms with Crippen LogP contribution in [0.3, 0.4) is 0 Å². The van der Waals surface area contributed by atoms with Gasteiger partial charge in [0.2, 0.25) is 0 Å². The van der Waals surface area contributed by atoms with E-state index in [2.05, 4.69) is 5.32 Å². The first kappa shape index (κ1) is 15.0. The maximum Gasteiger partial charge on any atom is 0.330 e. The Balaban J connectivity index is 2.27. The van der Waals surface area contributed by atoms with Crippen molar-refractivity contribution in [2.24, 2.45) is 0 Å². The third-order valence-electron chi connectivity index (χ3n) is 3.34. The van der Waals surface area contributed by atoms with Gasteiger partial charge in [0, 0.05) is 31.4 Å². The lowest BCUT2D eigenvalue weighted by Crippen LogP contribution is -2.55. The van der Waals surface area contributed by atoms with Crippen LogP contribution in [0.4, 0.5) is 17.1 Å². The summed E-state index contributed by atoms with van der Waals surface area (Å²) in [5.41, 5.74) is 6.33. The van der Waals surface area contributed by atoms with E-state index in [4.69, 9.17) is 10.5 Å². The maximum atomic E-state index is 12.0. The molecule has 0 bridgehead atoms. The number of nitro groups is 1. The van der Waals surface area contributed by atoms with E-state index in [1.807, 2.05) is 4.90 Å². The van der Waals surface area contributed by atoms with Gasteiger partial charge in [-0.2, -0.15) is 0 Å². The molecule has 1 saturated heterocycles. The molecule has 8 nitrogen and oxygen atoms in total. The van der Waals surface area contributed by atoms with E-state index in [1.165, 1.54) is 12.1 Å². The zero-order valence-corrected chi connectivity index (χ0v) is 11.7. The van der Waals surface area contributed by atoms with Gasteiger partial charge < -0.3 is 20.7 Å². The van der Waals surface area contributed by atoms with Gasteiger partial charge in [0.15, 0.2) is 0 Å². The number of nitrogens with two attached hydrogens (primary N) is 1. The highest BCUT2D eigenvalue weighted by molar-refractivity contribution is 5.81.